The minimum Gasteiger partial charge on any atom is -0.392 e. The van der Waals surface area contributed by atoms with Crippen LogP contribution in [0.5, 0.6) is 0 Å². The third-order valence-electron chi connectivity index (χ3n) is 2.34. The molecule has 104 valence electrons. The number of aliphatic hydroxyl groups excluding tert-OH is 1. The Balaban J connectivity index is 3.18. The quantitative estimate of drug-likeness (QED) is 0.683. The van der Waals surface area contributed by atoms with Crippen molar-refractivity contribution in [3.63, 3.8) is 0 Å². The van der Waals surface area contributed by atoms with Gasteiger partial charge in [-0.1, -0.05) is 23.2 Å². The number of non-ortho nitro benzene ring substituents is 1. The molecule has 1 rings (SSSR count). The van der Waals surface area contributed by atoms with E-state index >= 15 is 0 Å². The summed E-state index contributed by atoms with van der Waals surface area (Å²) < 4.78 is 0. The van der Waals surface area contributed by atoms with E-state index in [1.54, 1.807) is 0 Å². The number of halogens is 2. The number of aliphatic hydroxyl groups is 1. The molecule has 1 N–H and O–H groups in total. The van der Waals surface area contributed by atoms with E-state index in [9.17, 15) is 20.0 Å². The molecule has 0 aliphatic heterocycles. The number of carbonyl (C=O) groups is 1. The van der Waals surface area contributed by atoms with Crippen LogP contribution < -0.4 is 0 Å². The zero-order chi connectivity index (χ0) is 14.7. The summed E-state index contributed by atoms with van der Waals surface area (Å²) in [5, 5.41) is 19.8. The van der Waals surface area contributed by atoms with Gasteiger partial charge in [-0.05, 0) is 6.92 Å². The van der Waals surface area contributed by atoms with Crippen LogP contribution in [-0.4, -0.2) is 40.5 Å². The fourth-order valence-electron chi connectivity index (χ4n) is 1.52. The van der Waals surface area contributed by atoms with Crippen molar-refractivity contribution in [3.05, 3.63) is 37.9 Å². The zero-order valence-electron chi connectivity index (χ0n) is 10.3. The van der Waals surface area contributed by atoms with Gasteiger partial charge < -0.3 is 10.0 Å². The van der Waals surface area contributed by atoms with Crippen molar-refractivity contribution < 1.29 is 14.8 Å². The van der Waals surface area contributed by atoms with Gasteiger partial charge in [0.2, 0.25) is 0 Å². The highest BCUT2D eigenvalue weighted by Crippen LogP contribution is 2.31. The molecule has 1 amide bonds. The van der Waals surface area contributed by atoms with Crippen molar-refractivity contribution in [2.45, 2.75) is 13.0 Å². The van der Waals surface area contributed by atoms with Crippen LogP contribution in [0.3, 0.4) is 0 Å². The summed E-state index contributed by atoms with van der Waals surface area (Å²) in [4.78, 5) is 23.4. The SMILES string of the molecule is CC(O)CN(C)C(=O)c1cc([N+](=O)[O-])cc(Cl)c1Cl. The number of nitro groups is 1. The first-order valence-corrected chi connectivity index (χ1v) is 6.06. The minimum atomic E-state index is -0.720. The molecule has 0 spiro atoms. The van der Waals surface area contributed by atoms with Gasteiger partial charge in [-0.15, -0.1) is 0 Å². The molecule has 1 atom stereocenters. The molecule has 0 radical (unpaired) electrons. The van der Waals surface area contributed by atoms with Gasteiger partial charge in [0.25, 0.3) is 11.6 Å². The Morgan fingerprint density at radius 2 is 2.11 bits per heavy atom. The fourth-order valence-corrected chi connectivity index (χ4v) is 1.92. The highest BCUT2D eigenvalue weighted by atomic mass is 35.5. The lowest BCUT2D eigenvalue weighted by atomic mass is 10.1. The number of carbonyl (C=O) groups excluding carboxylic acids is 1. The number of amides is 1. The monoisotopic (exact) mass is 306 g/mol. The highest BCUT2D eigenvalue weighted by Gasteiger charge is 2.22. The molecule has 8 heteroatoms. The molecule has 0 heterocycles. The van der Waals surface area contributed by atoms with Crippen molar-refractivity contribution in [1.82, 2.24) is 4.90 Å². The lowest BCUT2D eigenvalue weighted by Gasteiger charge is -2.19. The van der Waals surface area contributed by atoms with Crippen molar-refractivity contribution in [3.8, 4) is 0 Å². The van der Waals surface area contributed by atoms with E-state index in [1.165, 1.54) is 18.9 Å². The molecule has 1 aromatic rings. The number of likely N-dealkylation sites (N-methyl/N-ethyl adjacent to an activating group) is 1. The predicted octanol–water partition coefficient (Wildman–Crippen LogP) is 2.35. The van der Waals surface area contributed by atoms with Crippen LogP contribution in [0.25, 0.3) is 0 Å². The largest absolute Gasteiger partial charge is 0.392 e. The van der Waals surface area contributed by atoms with Gasteiger partial charge in [0.15, 0.2) is 0 Å². The van der Waals surface area contributed by atoms with Gasteiger partial charge in [0, 0.05) is 25.7 Å². The average molecular weight is 307 g/mol. The molecule has 0 saturated carbocycles. The van der Waals surface area contributed by atoms with Crippen LogP contribution in [-0.2, 0) is 0 Å². The van der Waals surface area contributed by atoms with E-state index in [0.29, 0.717) is 0 Å². The van der Waals surface area contributed by atoms with E-state index in [1.807, 2.05) is 0 Å². The fraction of sp³-hybridized carbons (Fsp3) is 0.364. The van der Waals surface area contributed by atoms with E-state index in [4.69, 9.17) is 23.2 Å². The second-order valence-corrected chi connectivity index (χ2v) is 4.87. The molecular formula is C11H12Cl2N2O4. The van der Waals surface area contributed by atoms with Crippen LogP contribution in [0.2, 0.25) is 10.0 Å². The molecule has 1 unspecified atom stereocenters. The Hall–Kier alpha value is -1.37. The predicted molar refractivity (Wildman–Crippen MR) is 71.8 cm³/mol. The second-order valence-electron chi connectivity index (χ2n) is 4.08. The molecule has 0 bridgehead atoms. The van der Waals surface area contributed by atoms with Gasteiger partial charge in [0.1, 0.15) is 0 Å². The number of nitrogens with zero attached hydrogens (tertiary/aromatic N) is 2. The summed E-state index contributed by atoms with van der Waals surface area (Å²) in [7, 11) is 1.46. The van der Waals surface area contributed by atoms with E-state index in [0.717, 1.165) is 12.1 Å². The van der Waals surface area contributed by atoms with E-state index in [-0.39, 0.29) is 27.8 Å². The van der Waals surface area contributed by atoms with Gasteiger partial charge in [-0.25, -0.2) is 0 Å². The van der Waals surface area contributed by atoms with Crippen LogP contribution in [0.1, 0.15) is 17.3 Å². The van der Waals surface area contributed by atoms with Gasteiger partial charge in [-0.2, -0.15) is 0 Å². The third-order valence-corrected chi connectivity index (χ3v) is 3.14. The number of rotatable bonds is 4. The van der Waals surface area contributed by atoms with Crippen molar-refractivity contribution in [1.29, 1.82) is 0 Å². The Bertz CT molecular complexity index is 520. The Morgan fingerprint density at radius 1 is 1.53 bits per heavy atom. The number of hydrogen-bond donors (Lipinski definition) is 1. The third kappa shape index (κ3) is 3.79. The average Bonchev–Trinajstić information content (AvgIpc) is 2.30. The molecule has 6 nitrogen and oxygen atoms in total. The number of benzene rings is 1. The van der Waals surface area contributed by atoms with Gasteiger partial charge in [0.05, 0.1) is 26.6 Å². The molecule has 0 aliphatic rings. The van der Waals surface area contributed by atoms with Crippen LogP contribution in [0, 0.1) is 10.1 Å². The molecule has 0 aliphatic carbocycles. The molecule has 0 fully saturated rings. The van der Waals surface area contributed by atoms with Gasteiger partial charge >= 0.3 is 0 Å². The number of nitro benzene ring substituents is 1. The summed E-state index contributed by atoms with van der Waals surface area (Å²) in [5.41, 5.74) is -0.382. The molecule has 19 heavy (non-hydrogen) atoms. The maximum Gasteiger partial charge on any atom is 0.271 e. The van der Waals surface area contributed by atoms with Crippen LogP contribution >= 0.6 is 23.2 Å². The Labute approximate surface area is 119 Å². The molecule has 0 saturated heterocycles. The molecule has 1 aromatic carbocycles. The number of hydrogen-bond acceptors (Lipinski definition) is 4. The first-order chi connectivity index (χ1) is 8.73. The summed E-state index contributed by atoms with van der Waals surface area (Å²) in [6.07, 6.45) is -0.720. The Kier molecular flexibility index (Phi) is 5.11. The van der Waals surface area contributed by atoms with Gasteiger partial charge in [-0.3, -0.25) is 14.9 Å². The van der Waals surface area contributed by atoms with Crippen LogP contribution in [0.4, 0.5) is 5.69 Å². The van der Waals surface area contributed by atoms with Crippen molar-refractivity contribution in [2.75, 3.05) is 13.6 Å². The van der Waals surface area contributed by atoms with Crippen molar-refractivity contribution >= 4 is 34.8 Å². The standard InChI is InChI=1S/C11H12Cl2N2O4/c1-6(16)5-14(2)11(17)8-3-7(15(18)19)4-9(12)10(8)13/h3-4,6,16H,5H2,1-2H3. The summed E-state index contributed by atoms with van der Waals surface area (Å²) >= 11 is 11.6. The normalized spacial score (nSPS) is 12.1. The summed E-state index contributed by atoms with van der Waals surface area (Å²) in [5.74, 6) is -0.545. The smallest absolute Gasteiger partial charge is 0.271 e. The minimum absolute atomic E-state index is 0.0466. The molecule has 0 aromatic heterocycles. The zero-order valence-corrected chi connectivity index (χ0v) is 11.8. The summed E-state index contributed by atoms with van der Waals surface area (Å²) in [6.45, 7) is 1.60. The Morgan fingerprint density at radius 3 is 2.58 bits per heavy atom. The first kappa shape index (κ1) is 15.7. The molecular weight excluding hydrogens is 295 g/mol. The lowest BCUT2D eigenvalue weighted by molar-refractivity contribution is -0.384. The maximum atomic E-state index is 12.1. The lowest BCUT2D eigenvalue weighted by Crippen LogP contribution is -2.33. The van der Waals surface area contributed by atoms with E-state index < -0.39 is 16.9 Å². The first-order valence-electron chi connectivity index (χ1n) is 5.31. The van der Waals surface area contributed by atoms with E-state index in [2.05, 4.69) is 0 Å². The van der Waals surface area contributed by atoms with Crippen LogP contribution in [0.15, 0.2) is 12.1 Å². The summed E-state index contributed by atoms with van der Waals surface area (Å²) in [6, 6.07) is 2.14. The topological polar surface area (TPSA) is 83.7 Å². The second kappa shape index (κ2) is 6.18. The maximum absolute atomic E-state index is 12.1. The highest BCUT2D eigenvalue weighted by molar-refractivity contribution is 6.44. The van der Waals surface area contributed by atoms with Crippen molar-refractivity contribution in [2.24, 2.45) is 0 Å².